The summed E-state index contributed by atoms with van der Waals surface area (Å²) in [7, 11) is 1.64. The van der Waals surface area contributed by atoms with E-state index < -0.39 is 5.41 Å². The highest BCUT2D eigenvalue weighted by Crippen LogP contribution is 2.29. The molecule has 1 atom stereocenters. The molecular weight excluding hydrogens is 316 g/mol. The van der Waals surface area contributed by atoms with Gasteiger partial charge in [-0.25, -0.2) is 0 Å². The number of methoxy groups -OCH3 is 1. The number of likely N-dealkylation sites (tertiary alicyclic amines) is 1. The number of carbonyl (C=O) groups is 1. The van der Waals surface area contributed by atoms with Gasteiger partial charge < -0.3 is 14.4 Å². The Morgan fingerprint density at radius 3 is 2.60 bits per heavy atom. The normalized spacial score (nSPS) is 17.4. The van der Waals surface area contributed by atoms with E-state index in [-0.39, 0.29) is 12.0 Å². The van der Waals surface area contributed by atoms with Crippen LogP contribution in [0.5, 0.6) is 11.5 Å². The van der Waals surface area contributed by atoms with Crippen molar-refractivity contribution in [1.82, 2.24) is 9.88 Å². The van der Waals surface area contributed by atoms with E-state index in [0.29, 0.717) is 13.1 Å². The maximum atomic E-state index is 13.0. The Morgan fingerprint density at radius 1 is 1.20 bits per heavy atom. The molecule has 0 bridgehead atoms. The van der Waals surface area contributed by atoms with Crippen LogP contribution in [0.2, 0.25) is 0 Å². The monoisotopic (exact) mass is 340 g/mol. The van der Waals surface area contributed by atoms with E-state index in [1.165, 1.54) is 0 Å². The molecule has 0 spiro atoms. The van der Waals surface area contributed by atoms with Crippen molar-refractivity contribution in [1.29, 1.82) is 0 Å². The van der Waals surface area contributed by atoms with Crippen LogP contribution < -0.4 is 9.47 Å². The predicted molar refractivity (Wildman–Crippen MR) is 95.9 cm³/mol. The van der Waals surface area contributed by atoms with Crippen molar-refractivity contribution < 1.29 is 14.3 Å². The Hall–Kier alpha value is -2.56. The quantitative estimate of drug-likeness (QED) is 0.839. The van der Waals surface area contributed by atoms with Gasteiger partial charge in [0.1, 0.15) is 17.6 Å². The summed E-state index contributed by atoms with van der Waals surface area (Å²) in [6.07, 6.45) is 4.26. The highest BCUT2D eigenvalue weighted by Gasteiger charge is 2.37. The summed E-state index contributed by atoms with van der Waals surface area (Å²) < 4.78 is 11.1. The number of amides is 1. The van der Waals surface area contributed by atoms with Gasteiger partial charge in [0.15, 0.2) is 0 Å². The lowest BCUT2D eigenvalue weighted by Gasteiger charge is -2.29. The van der Waals surface area contributed by atoms with E-state index in [4.69, 9.17) is 9.47 Å². The fraction of sp³-hybridized carbons (Fsp3) is 0.400. The van der Waals surface area contributed by atoms with Crippen LogP contribution in [0.25, 0.3) is 0 Å². The van der Waals surface area contributed by atoms with Gasteiger partial charge in [-0.2, -0.15) is 0 Å². The van der Waals surface area contributed by atoms with Crippen molar-refractivity contribution in [2.45, 2.75) is 31.8 Å². The smallest absolute Gasteiger partial charge is 0.232 e. The van der Waals surface area contributed by atoms with Gasteiger partial charge in [0, 0.05) is 19.2 Å². The summed E-state index contributed by atoms with van der Waals surface area (Å²) in [4.78, 5) is 19.0. The minimum absolute atomic E-state index is 0.0137. The van der Waals surface area contributed by atoms with Gasteiger partial charge >= 0.3 is 0 Å². The largest absolute Gasteiger partial charge is 0.497 e. The first kappa shape index (κ1) is 17.3. The molecule has 1 saturated heterocycles. The third-order valence-corrected chi connectivity index (χ3v) is 4.72. The van der Waals surface area contributed by atoms with Gasteiger partial charge in [-0.15, -0.1) is 0 Å². The lowest BCUT2D eigenvalue weighted by molar-refractivity contribution is -0.135. The van der Waals surface area contributed by atoms with Crippen LogP contribution in [-0.2, 0) is 10.2 Å². The van der Waals surface area contributed by atoms with Gasteiger partial charge in [-0.05, 0) is 43.7 Å². The maximum absolute atomic E-state index is 13.0. The molecule has 1 aliphatic heterocycles. The number of hydrogen-bond donors (Lipinski definition) is 0. The zero-order chi connectivity index (χ0) is 17.9. The van der Waals surface area contributed by atoms with Crippen LogP contribution in [0.15, 0.2) is 48.8 Å². The van der Waals surface area contributed by atoms with E-state index in [0.717, 1.165) is 23.5 Å². The van der Waals surface area contributed by atoms with E-state index in [1.807, 2.05) is 55.1 Å². The second-order valence-corrected chi connectivity index (χ2v) is 6.82. The summed E-state index contributed by atoms with van der Waals surface area (Å²) in [6.45, 7) is 5.25. The molecule has 5 heteroatoms. The van der Waals surface area contributed by atoms with Crippen molar-refractivity contribution in [3.8, 4) is 11.5 Å². The van der Waals surface area contributed by atoms with E-state index in [2.05, 4.69) is 4.98 Å². The molecular formula is C20H24N2O3. The highest BCUT2D eigenvalue weighted by atomic mass is 16.5. The first-order chi connectivity index (χ1) is 12.0. The van der Waals surface area contributed by atoms with E-state index >= 15 is 0 Å². The van der Waals surface area contributed by atoms with Crippen LogP contribution in [0, 0.1) is 0 Å². The van der Waals surface area contributed by atoms with Crippen LogP contribution in [-0.4, -0.2) is 42.1 Å². The van der Waals surface area contributed by atoms with Crippen LogP contribution >= 0.6 is 0 Å². The van der Waals surface area contributed by atoms with Gasteiger partial charge in [0.05, 0.1) is 25.3 Å². The number of hydrogen-bond acceptors (Lipinski definition) is 4. The first-order valence-corrected chi connectivity index (χ1v) is 8.51. The molecule has 0 N–H and O–H groups in total. The average molecular weight is 340 g/mol. The average Bonchev–Trinajstić information content (AvgIpc) is 3.10. The number of nitrogens with zero attached hydrogens (tertiary/aromatic N) is 2. The highest BCUT2D eigenvalue weighted by molar-refractivity contribution is 5.87. The predicted octanol–water partition coefficient (Wildman–Crippen LogP) is 3.05. The number of carbonyl (C=O) groups excluding carboxylic acids is 1. The second-order valence-electron chi connectivity index (χ2n) is 6.82. The summed E-state index contributed by atoms with van der Waals surface area (Å²) in [6, 6.07) is 11.4. The lowest BCUT2D eigenvalue weighted by atomic mass is 9.83. The van der Waals surface area contributed by atoms with Crippen molar-refractivity contribution in [2.24, 2.45) is 0 Å². The maximum Gasteiger partial charge on any atom is 0.232 e. The molecule has 132 valence electrons. The van der Waals surface area contributed by atoms with E-state index in [9.17, 15) is 4.79 Å². The fourth-order valence-corrected chi connectivity index (χ4v) is 3.14. The Kier molecular flexibility index (Phi) is 4.93. The lowest BCUT2D eigenvalue weighted by Crippen LogP contribution is -2.43. The Bertz CT molecular complexity index is 713. The molecule has 5 nitrogen and oxygen atoms in total. The van der Waals surface area contributed by atoms with Crippen molar-refractivity contribution >= 4 is 5.91 Å². The topological polar surface area (TPSA) is 51.7 Å². The number of rotatable bonds is 5. The molecule has 2 aromatic rings. The molecule has 3 rings (SSSR count). The van der Waals surface area contributed by atoms with Gasteiger partial charge in [0.2, 0.25) is 5.91 Å². The number of aromatic nitrogens is 1. The third kappa shape index (κ3) is 3.76. The van der Waals surface area contributed by atoms with Gasteiger partial charge in [-0.3, -0.25) is 9.78 Å². The van der Waals surface area contributed by atoms with Crippen molar-refractivity contribution in [3.63, 3.8) is 0 Å². The molecule has 2 heterocycles. The summed E-state index contributed by atoms with van der Waals surface area (Å²) in [5.41, 5.74) is 0.394. The Morgan fingerprint density at radius 2 is 1.96 bits per heavy atom. The van der Waals surface area contributed by atoms with Gasteiger partial charge in [0.25, 0.3) is 0 Å². The Balaban J connectivity index is 1.65. The first-order valence-electron chi connectivity index (χ1n) is 8.51. The minimum Gasteiger partial charge on any atom is -0.497 e. The SMILES string of the molecule is COc1ccc(C(C)(C)C(=O)N2CCC(Oc3cccnc3)C2)cc1. The standard InChI is InChI=1S/C20H24N2O3/c1-20(2,15-6-8-16(24-3)9-7-15)19(23)22-12-10-18(14-22)25-17-5-4-11-21-13-17/h4-9,11,13,18H,10,12,14H2,1-3H3. The molecule has 1 amide bonds. The molecule has 25 heavy (non-hydrogen) atoms. The summed E-state index contributed by atoms with van der Waals surface area (Å²) in [5.74, 6) is 1.66. The van der Waals surface area contributed by atoms with Crippen LogP contribution in [0.4, 0.5) is 0 Å². The third-order valence-electron chi connectivity index (χ3n) is 4.72. The van der Waals surface area contributed by atoms with Crippen LogP contribution in [0.3, 0.4) is 0 Å². The molecule has 1 aromatic carbocycles. The van der Waals surface area contributed by atoms with E-state index in [1.54, 1.807) is 19.5 Å². The number of pyridine rings is 1. The molecule has 1 aromatic heterocycles. The summed E-state index contributed by atoms with van der Waals surface area (Å²) >= 11 is 0. The van der Waals surface area contributed by atoms with Crippen molar-refractivity contribution in [2.75, 3.05) is 20.2 Å². The molecule has 1 aliphatic rings. The number of benzene rings is 1. The molecule has 0 saturated carbocycles. The number of ether oxygens (including phenoxy) is 2. The molecule has 0 radical (unpaired) electrons. The Labute approximate surface area is 148 Å². The minimum atomic E-state index is -0.588. The molecule has 1 fully saturated rings. The molecule has 0 aliphatic carbocycles. The zero-order valence-corrected chi connectivity index (χ0v) is 14.9. The zero-order valence-electron chi connectivity index (χ0n) is 14.9. The second kappa shape index (κ2) is 7.13. The molecule has 1 unspecified atom stereocenters. The summed E-state index contributed by atoms with van der Waals surface area (Å²) in [5, 5.41) is 0. The fourth-order valence-electron chi connectivity index (χ4n) is 3.14. The van der Waals surface area contributed by atoms with Crippen molar-refractivity contribution in [3.05, 3.63) is 54.4 Å². The van der Waals surface area contributed by atoms with Crippen LogP contribution in [0.1, 0.15) is 25.8 Å². The van der Waals surface area contributed by atoms with Gasteiger partial charge in [-0.1, -0.05) is 12.1 Å².